The standard InChI is InChI=1S/C14H19NO2S/c1-14(13(16)17)8-5-9-15(14)10-11-18-12-6-3-2-4-7-12/h2-4,6-7H,5,8-11H2,1H3,(H,16,17). The molecule has 1 atom stereocenters. The largest absolute Gasteiger partial charge is 0.480 e. The topological polar surface area (TPSA) is 40.5 Å². The van der Waals surface area contributed by atoms with Crippen molar-refractivity contribution >= 4 is 17.7 Å². The van der Waals surface area contributed by atoms with Gasteiger partial charge in [-0.05, 0) is 38.4 Å². The van der Waals surface area contributed by atoms with Gasteiger partial charge in [0.2, 0.25) is 0 Å². The first-order chi connectivity index (χ1) is 8.63. The van der Waals surface area contributed by atoms with Crippen molar-refractivity contribution in [3.63, 3.8) is 0 Å². The summed E-state index contributed by atoms with van der Waals surface area (Å²) < 4.78 is 0. The van der Waals surface area contributed by atoms with Crippen LogP contribution in [-0.4, -0.2) is 40.4 Å². The maximum Gasteiger partial charge on any atom is 0.323 e. The van der Waals surface area contributed by atoms with Crippen LogP contribution in [0.15, 0.2) is 35.2 Å². The van der Waals surface area contributed by atoms with E-state index in [1.807, 2.05) is 25.1 Å². The summed E-state index contributed by atoms with van der Waals surface area (Å²) in [6, 6.07) is 10.2. The van der Waals surface area contributed by atoms with Crippen molar-refractivity contribution in [3.8, 4) is 0 Å². The highest BCUT2D eigenvalue weighted by Gasteiger charge is 2.42. The van der Waals surface area contributed by atoms with Crippen molar-refractivity contribution in [2.45, 2.75) is 30.2 Å². The predicted molar refractivity (Wildman–Crippen MR) is 74.0 cm³/mol. The molecule has 0 saturated carbocycles. The number of benzene rings is 1. The summed E-state index contributed by atoms with van der Waals surface area (Å²) >= 11 is 1.79. The molecule has 0 aliphatic carbocycles. The highest BCUT2D eigenvalue weighted by atomic mass is 32.2. The van der Waals surface area contributed by atoms with Crippen LogP contribution in [0.3, 0.4) is 0 Å². The van der Waals surface area contributed by atoms with Gasteiger partial charge in [-0.2, -0.15) is 0 Å². The summed E-state index contributed by atoms with van der Waals surface area (Å²) in [6.07, 6.45) is 1.75. The average molecular weight is 265 g/mol. The van der Waals surface area contributed by atoms with E-state index in [-0.39, 0.29) is 0 Å². The molecule has 0 bridgehead atoms. The molecule has 1 fully saturated rings. The van der Waals surface area contributed by atoms with Gasteiger partial charge in [-0.3, -0.25) is 9.69 Å². The molecule has 0 radical (unpaired) electrons. The van der Waals surface area contributed by atoms with Gasteiger partial charge in [-0.1, -0.05) is 18.2 Å². The van der Waals surface area contributed by atoms with Gasteiger partial charge in [0.1, 0.15) is 5.54 Å². The van der Waals surface area contributed by atoms with Gasteiger partial charge in [-0.15, -0.1) is 11.8 Å². The van der Waals surface area contributed by atoms with E-state index in [2.05, 4.69) is 17.0 Å². The minimum Gasteiger partial charge on any atom is -0.480 e. The maximum atomic E-state index is 11.3. The molecule has 1 aliphatic heterocycles. The third-order valence-corrected chi connectivity index (χ3v) is 4.62. The zero-order chi connectivity index (χ0) is 13.0. The molecule has 1 aliphatic rings. The van der Waals surface area contributed by atoms with Crippen molar-refractivity contribution in [2.75, 3.05) is 18.8 Å². The van der Waals surface area contributed by atoms with E-state index in [9.17, 15) is 9.90 Å². The van der Waals surface area contributed by atoms with E-state index in [1.165, 1.54) is 4.90 Å². The van der Waals surface area contributed by atoms with Gasteiger partial charge >= 0.3 is 5.97 Å². The lowest BCUT2D eigenvalue weighted by atomic mass is 9.99. The molecular formula is C14H19NO2S. The van der Waals surface area contributed by atoms with Crippen molar-refractivity contribution in [1.29, 1.82) is 0 Å². The fraction of sp³-hybridized carbons (Fsp3) is 0.500. The lowest BCUT2D eigenvalue weighted by Crippen LogP contribution is -2.48. The van der Waals surface area contributed by atoms with E-state index in [4.69, 9.17) is 0 Å². The van der Waals surface area contributed by atoms with Crippen LogP contribution >= 0.6 is 11.8 Å². The first kappa shape index (κ1) is 13.4. The van der Waals surface area contributed by atoms with Crippen molar-refractivity contribution in [3.05, 3.63) is 30.3 Å². The Labute approximate surface area is 112 Å². The average Bonchev–Trinajstić information content (AvgIpc) is 2.74. The molecule has 2 rings (SSSR count). The van der Waals surface area contributed by atoms with Crippen molar-refractivity contribution < 1.29 is 9.90 Å². The molecule has 4 heteroatoms. The summed E-state index contributed by atoms with van der Waals surface area (Å²) in [5.74, 6) is 0.247. The normalized spacial score (nSPS) is 24.3. The quantitative estimate of drug-likeness (QED) is 0.831. The molecule has 3 nitrogen and oxygen atoms in total. The predicted octanol–water partition coefficient (Wildman–Crippen LogP) is 2.72. The zero-order valence-electron chi connectivity index (χ0n) is 10.6. The molecule has 1 N–H and O–H groups in total. The third-order valence-electron chi connectivity index (χ3n) is 3.62. The second kappa shape index (κ2) is 5.76. The molecule has 1 unspecified atom stereocenters. The lowest BCUT2D eigenvalue weighted by molar-refractivity contribution is -0.148. The van der Waals surface area contributed by atoms with Crippen LogP contribution in [0, 0.1) is 0 Å². The summed E-state index contributed by atoms with van der Waals surface area (Å²) in [5.41, 5.74) is -0.656. The van der Waals surface area contributed by atoms with Gasteiger partial charge in [0.05, 0.1) is 0 Å². The molecule has 0 amide bonds. The number of nitrogens with zero attached hydrogens (tertiary/aromatic N) is 1. The third kappa shape index (κ3) is 2.87. The van der Waals surface area contributed by atoms with E-state index in [0.717, 1.165) is 31.7 Å². The van der Waals surface area contributed by atoms with Gasteiger partial charge in [0.25, 0.3) is 0 Å². The second-order valence-electron chi connectivity index (χ2n) is 4.83. The molecule has 98 valence electrons. The van der Waals surface area contributed by atoms with Crippen LogP contribution in [0.1, 0.15) is 19.8 Å². The fourth-order valence-corrected chi connectivity index (χ4v) is 3.31. The monoisotopic (exact) mass is 265 g/mol. The molecule has 18 heavy (non-hydrogen) atoms. The van der Waals surface area contributed by atoms with Gasteiger partial charge in [0.15, 0.2) is 0 Å². The number of likely N-dealkylation sites (tertiary alicyclic amines) is 1. The molecule has 1 heterocycles. The Balaban J connectivity index is 1.85. The summed E-state index contributed by atoms with van der Waals surface area (Å²) in [7, 11) is 0. The van der Waals surface area contributed by atoms with Crippen LogP contribution in [0.25, 0.3) is 0 Å². The number of carboxylic acid groups (broad SMARTS) is 1. The van der Waals surface area contributed by atoms with E-state index < -0.39 is 11.5 Å². The van der Waals surface area contributed by atoms with Crippen LogP contribution < -0.4 is 0 Å². The van der Waals surface area contributed by atoms with E-state index in [1.54, 1.807) is 11.8 Å². The number of hydrogen-bond donors (Lipinski definition) is 1. The number of aliphatic carboxylic acids is 1. The SMILES string of the molecule is CC1(C(=O)O)CCCN1CCSc1ccccc1. The van der Waals surface area contributed by atoms with Crippen LogP contribution in [0.4, 0.5) is 0 Å². The Morgan fingerprint density at radius 2 is 2.17 bits per heavy atom. The first-order valence-corrected chi connectivity index (χ1v) is 7.28. The Hall–Kier alpha value is -1.00. The summed E-state index contributed by atoms with van der Waals surface area (Å²) in [4.78, 5) is 14.7. The first-order valence-electron chi connectivity index (χ1n) is 6.29. The molecular weight excluding hydrogens is 246 g/mol. The summed E-state index contributed by atoms with van der Waals surface area (Å²) in [5, 5.41) is 9.31. The molecule has 1 aromatic rings. The lowest BCUT2D eigenvalue weighted by Gasteiger charge is -2.30. The van der Waals surface area contributed by atoms with Crippen LogP contribution in [0.5, 0.6) is 0 Å². The minimum absolute atomic E-state index is 0.656. The minimum atomic E-state index is -0.690. The van der Waals surface area contributed by atoms with E-state index in [0.29, 0.717) is 0 Å². The Morgan fingerprint density at radius 3 is 2.83 bits per heavy atom. The molecule has 1 saturated heterocycles. The maximum absolute atomic E-state index is 11.3. The fourth-order valence-electron chi connectivity index (χ4n) is 2.41. The molecule has 1 aromatic carbocycles. The smallest absolute Gasteiger partial charge is 0.323 e. The number of thioether (sulfide) groups is 1. The highest BCUT2D eigenvalue weighted by Crippen LogP contribution is 2.29. The van der Waals surface area contributed by atoms with Crippen molar-refractivity contribution in [1.82, 2.24) is 4.90 Å². The van der Waals surface area contributed by atoms with Gasteiger partial charge in [0, 0.05) is 17.2 Å². The number of carboxylic acids is 1. The van der Waals surface area contributed by atoms with E-state index >= 15 is 0 Å². The Kier molecular flexibility index (Phi) is 4.30. The Morgan fingerprint density at radius 1 is 1.44 bits per heavy atom. The van der Waals surface area contributed by atoms with Gasteiger partial charge < -0.3 is 5.11 Å². The number of carbonyl (C=O) groups is 1. The van der Waals surface area contributed by atoms with Crippen LogP contribution in [0.2, 0.25) is 0 Å². The highest BCUT2D eigenvalue weighted by molar-refractivity contribution is 7.99. The van der Waals surface area contributed by atoms with Crippen LogP contribution in [-0.2, 0) is 4.79 Å². The van der Waals surface area contributed by atoms with Crippen molar-refractivity contribution in [2.24, 2.45) is 0 Å². The molecule has 0 spiro atoms. The number of hydrogen-bond acceptors (Lipinski definition) is 3. The zero-order valence-corrected chi connectivity index (χ0v) is 11.4. The number of rotatable bonds is 5. The Bertz CT molecular complexity index is 410. The summed E-state index contributed by atoms with van der Waals surface area (Å²) in [6.45, 7) is 3.58. The van der Waals surface area contributed by atoms with Gasteiger partial charge in [-0.25, -0.2) is 0 Å². The molecule has 0 aromatic heterocycles. The second-order valence-corrected chi connectivity index (χ2v) is 6.00.